The van der Waals surface area contributed by atoms with Gasteiger partial charge in [-0.3, -0.25) is 4.79 Å². The first kappa shape index (κ1) is 29.8. The number of carboxylic acids is 1. The Hall–Kier alpha value is -3.69. The van der Waals surface area contributed by atoms with Gasteiger partial charge >= 0.3 is 5.97 Å². The molecule has 0 amide bonds. The number of hydrogen-bond donors (Lipinski definition) is 2. The van der Waals surface area contributed by atoms with Crippen molar-refractivity contribution in [2.45, 2.75) is 39.0 Å². The standard InChI is InChI=1S/C33H30Br2O7/c1-17(2)21-12-28(42-33-24(34)9-19(10-25(33)35)11-31(37)38)23(14-27(21)39-4)32(20-7-5-6-18(3)8-20)22-13-29-30(15-26(22)36)41-16-40-29/h5-10,12-15,17,32,36H,11,16H2,1-4H3,(H,37,38). The fourth-order valence-corrected chi connectivity index (χ4v) is 6.63. The first-order valence-corrected chi connectivity index (χ1v) is 14.9. The summed E-state index contributed by atoms with van der Waals surface area (Å²) in [5, 5.41) is 20.6. The van der Waals surface area contributed by atoms with Crippen LogP contribution in [-0.2, 0) is 11.2 Å². The van der Waals surface area contributed by atoms with Gasteiger partial charge in [0.2, 0.25) is 6.79 Å². The second kappa shape index (κ2) is 12.3. The summed E-state index contributed by atoms with van der Waals surface area (Å²) in [5.74, 6) is 1.55. The summed E-state index contributed by atoms with van der Waals surface area (Å²) in [6, 6.07) is 18.9. The number of rotatable bonds is 9. The zero-order valence-electron chi connectivity index (χ0n) is 23.5. The van der Waals surface area contributed by atoms with Crippen molar-refractivity contribution >= 4 is 37.8 Å². The third-order valence-corrected chi connectivity index (χ3v) is 8.31. The number of fused-ring (bicyclic) bond motifs is 1. The van der Waals surface area contributed by atoms with Crippen LogP contribution in [0.1, 0.15) is 59.1 Å². The van der Waals surface area contributed by atoms with Gasteiger partial charge in [0.05, 0.1) is 22.5 Å². The van der Waals surface area contributed by atoms with E-state index in [2.05, 4.69) is 51.8 Å². The number of aryl methyl sites for hydroxylation is 1. The number of carboxylic acid groups (broad SMARTS) is 1. The molecule has 0 bridgehead atoms. The van der Waals surface area contributed by atoms with Crippen molar-refractivity contribution in [1.82, 2.24) is 0 Å². The van der Waals surface area contributed by atoms with Gasteiger partial charge in [-0.05, 0) is 86.2 Å². The minimum absolute atomic E-state index is 0.0593. The van der Waals surface area contributed by atoms with Crippen molar-refractivity contribution in [3.8, 4) is 34.5 Å². The molecule has 1 aliphatic heterocycles. The van der Waals surface area contributed by atoms with E-state index < -0.39 is 11.9 Å². The van der Waals surface area contributed by atoms with E-state index in [1.165, 1.54) is 0 Å². The summed E-state index contributed by atoms with van der Waals surface area (Å²) in [6.45, 7) is 6.26. The van der Waals surface area contributed by atoms with Gasteiger partial charge in [-0.2, -0.15) is 0 Å². The molecule has 1 heterocycles. The summed E-state index contributed by atoms with van der Waals surface area (Å²) in [5.41, 5.74) is 4.93. The number of carbonyl (C=O) groups is 1. The van der Waals surface area contributed by atoms with Crippen LogP contribution in [0.3, 0.4) is 0 Å². The van der Waals surface area contributed by atoms with E-state index in [0.717, 1.165) is 22.3 Å². The molecule has 1 atom stereocenters. The number of methoxy groups -OCH3 is 1. The maximum atomic E-state index is 11.3. The summed E-state index contributed by atoms with van der Waals surface area (Å²) in [6.07, 6.45) is -0.123. The monoisotopic (exact) mass is 696 g/mol. The van der Waals surface area contributed by atoms with Gasteiger partial charge in [0.1, 0.15) is 17.2 Å². The van der Waals surface area contributed by atoms with E-state index in [9.17, 15) is 15.0 Å². The number of phenols is 1. The summed E-state index contributed by atoms with van der Waals surface area (Å²) >= 11 is 7.17. The molecule has 1 aliphatic rings. The Morgan fingerprint density at radius 1 is 0.929 bits per heavy atom. The Kier molecular flexibility index (Phi) is 8.70. The second-order valence-corrected chi connectivity index (χ2v) is 12.2. The molecule has 0 aromatic heterocycles. The van der Waals surface area contributed by atoms with Crippen LogP contribution in [0.4, 0.5) is 0 Å². The minimum Gasteiger partial charge on any atom is -0.507 e. The number of halogens is 2. The van der Waals surface area contributed by atoms with Crippen molar-refractivity contribution in [3.05, 3.63) is 103 Å². The molecule has 1 unspecified atom stereocenters. The lowest BCUT2D eigenvalue weighted by Gasteiger charge is -2.26. The van der Waals surface area contributed by atoms with Crippen LogP contribution in [-0.4, -0.2) is 30.1 Å². The van der Waals surface area contributed by atoms with Crippen LogP contribution < -0.4 is 18.9 Å². The molecular formula is C33H30Br2O7. The van der Waals surface area contributed by atoms with Crippen LogP contribution in [0.2, 0.25) is 0 Å². The molecule has 0 saturated heterocycles. The van der Waals surface area contributed by atoms with E-state index in [1.54, 1.807) is 25.3 Å². The first-order chi connectivity index (χ1) is 20.0. The number of hydrogen-bond acceptors (Lipinski definition) is 6. The fourth-order valence-electron chi connectivity index (χ4n) is 5.18. The Bertz CT molecular complexity index is 1640. The minimum atomic E-state index is -0.925. The summed E-state index contributed by atoms with van der Waals surface area (Å²) in [7, 11) is 1.64. The molecule has 0 radical (unpaired) electrons. The Balaban J connectivity index is 1.76. The van der Waals surface area contributed by atoms with E-state index in [-0.39, 0.29) is 24.9 Å². The number of benzene rings is 4. The van der Waals surface area contributed by atoms with E-state index in [0.29, 0.717) is 48.8 Å². The predicted octanol–water partition coefficient (Wildman–Crippen LogP) is 8.69. The summed E-state index contributed by atoms with van der Waals surface area (Å²) < 4.78 is 24.9. The molecule has 9 heteroatoms. The highest BCUT2D eigenvalue weighted by Gasteiger charge is 2.30. The van der Waals surface area contributed by atoms with Gasteiger partial charge in [-0.1, -0.05) is 43.7 Å². The molecule has 0 spiro atoms. The summed E-state index contributed by atoms with van der Waals surface area (Å²) in [4.78, 5) is 11.3. The zero-order chi connectivity index (χ0) is 30.1. The van der Waals surface area contributed by atoms with E-state index in [4.69, 9.17) is 18.9 Å². The Morgan fingerprint density at radius 3 is 2.21 bits per heavy atom. The highest BCUT2D eigenvalue weighted by atomic mass is 79.9. The highest BCUT2D eigenvalue weighted by molar-refractivity contribution is 9.11. The molecular weight excluding hydrogens is 668 g/mol. The number of phenolic OH excluding ortho intramolecular Hbond substituents is 1. The normalized spacial score (nSPS) is 12.8. The maximum absolute atomic E-state index is 11.3. The van der Waals surface area contributed by atoms with Gasteiger partial charge in [-0.25, -0.2) is 0 Å². The van der Waals surface area contributed by atoms with E-state index >= 15 is 0 Å². The third-order valence-electron chi connectivity index (χ3n) is 7.13. The van der Waals surface area contributed by atoms with Gasteiger partial charge in [0, 0.05) is 28.7 Å². The predicted molar refractivity (Wildman–Crippen MR) is 167 cm³/mol. The first-order valence-electron chi connectivity index (χ1n) is 13.3. The average Bonchev–Trinajstić information content (AvgIpc) is 3.38. The molecule has 42 heavy (non-hydrogen) atoms. The van der Waals surface area contributed by atoms with E-state index in [1.807, 2.05) is 43.3 Å². The quantitative estimate of drug-likeness (QED) is 0.169. The molecule has 7 nitrogen and oxygen atoms in total. The smallest absolute Gasteiger partial charge is 0.307 e. The van der Waals surface area contributed by atoms with Gasteiger partial charge in [-0.15, -0.1) is 0 Å². The lowest BCUT2D eigenvalue weighted by molar-refractivity contribution is -0.136. The second-order valence-electron chi connectivity index (χ2n) is 10.5. The topological polar surface area (TPSA) is 94.5 Å². The van der Waals surface area contributed by atoms with Crippen molar-refractivity contribution < 1.29 is 34.0 Å². The zero-order valence-corrected chi connectivity index (χ0v) is 26.7. The number of aromatic hydroxyl groups is 1. The van der Waals surface area contributed by atoms with Crippen molar-refractivity contribution in [2.24, 2.45) is 0 Å². The van der Waals surface area contributed by atoms with Crippen LogP contribution in [0.25, 0.3) is 0 Å². The number of ether oxygens (including phenoxy) is 4. The lowest BCUT2D eigenvalue weighted by Crippen LogP contribution is -2.09. The van der Waals surface area contributed by atoms with Crippen LogP contribution in [0, 0.1) is 6.92 Å². The largest absolute Gasteiger partial charge is 0.507 e. The van der Waals surface area contributed by atoms with Crippen LogP contribution in [0.5, 0.6) is 34.5 Å². The van der Waals surface area contributed by atoms with Crippen LogP contribution >= 0.6 is 31.9 Å². The van der Waals surface area contributed by atoms with Crippen molar-refractivity contribution in [2.75, 3.05) is 13.9 Å². The maximum Gasteiger partial charge on any atom is 0.307 e. The Morgan fingerprint density at radius 2 is 1.60 bits per heavy atom. The van der Waals surface area contributed by atoms with Gasteiger partial charge in [0.15, 0.2) is 17.2 Å². The Labute approximate surface area is 261 Å². The van der Waals surface area contributed by atoms with Gasteiger partial charge in [0.25, 0.3) is 0 Å². The molecule has 2 N–H and O–H groups in total. The van der Waals surface area contributed by atoms with Crippen LogP contribution in [0.15, 0.2) is 69.6 Å². The molecule has 218 valence electrons. The molecule has 0 saturated carbocycles. The molecule has 0 aliphatic carbocycles. The molecule has 5 rings (SSSR count). The third kappa shape index (κ3) is 6.08. The molecule has 0 fully saturated rings. The van der Waals surface area contributed by atoms with Gasteiger partial charge < -0.3 is 29.2 Å². The number of aliphatic carboxylic acids is 1. The highest BCUT2D eigenvalue weighted by Crippen LogP contribution is 2.50. The lowest BCUT2D eigenvalue weighted by atomic mass is 9.82. The SMILES string of the molecule is COc1cc(C(c2cccc(C)c2)c2cc3c(cc2O)OCO3)c(Oc2c(Br)cc(CC(=O)O)cc2Br)cc1C(C)C. The molecule has 4 aromatic carbocycles. The average molecular weight is 698 g/mol. The molecule has 4 aromatic rings. The van der Waals surface area contributed by atoms with Crippen molar-refractivity contribution in [3.63, 3.8) is 0 Å². The fraction of sp³-hybridized carbons (Fsp3) is 0.242. The van der Waals surface area contributed by atoms with Crippen molar-refractivity contribution in [1.29, 1.82) is 0 Å².